The van der Waals surface area contributed by atoms with Gasteiger partial charge in [0.15, 0.2) is 5.82 Å². The summed E-state index contributed by atoms with van der Waals surface area (Å²) in [6.07, 6.45) is 4.96. The van der Waals surface area contributed by atoms with Crippen LogP contribution in [0.4, 0.5) is 5.82 Å². The molecular weight excluding hydrogens is 508 g/mol. The lowest BCUT2D eigenvalue weighted by molar-refractivity contribution is -0.135. The van der Waals surface area contributed by atoms with Crippen molar-refractivity contribution in [3.63, 3.8) is 0 Å². The Morgan fingerprint density at radius 2 is 1.70 bits per heavy atom. The van der Waals surface area contributed by atoms with E-state index in [9.17, 15) is 14.4 Å². The number of nitrogens with two attached hydrogens (primary N) is 1. The number of benzene rings is 2. The quantitative estimate of drug-likeness (QED) is 0.319. The number of nitrogens with zero attached hydrogens (tertiary/aromatic N) is 3. The third-order valence-electron chi connectivity index (χ3n) is 6.83. The third kappa shape index (κ3) is 7.26. The molecule has 1 heterocycles. The van der Waals surface area contributed by atoms with Crippen LogP contribution < -0.4 is 21.1 Å². The second-order valence-corrected chi connectivity index (χ2v) is 10.8. The molecule has 0 saturated carbocycles. The molecule has 10 heteroatoms. The van der Waals surface area contributed by atoms with Crippen molar-refractivity contribution in [3.05, 3.63) is 78.2 Å². The maximum atomic E-state index is 13.4. The Hall–Kier alpha value is -4.18. The van der Waals surface area contributed by atoms with E-state index in [0.29, 0.717) is 18.6 Å². The van der Waals surface area contributed by atoms with Gasteiger partial charge < -0.3 is 30.6 Å². The van der Waals surface area contributed by atoms with E-state index in [0.717, 1.165) is 17.5 Å². The normalized spacial score (nSPS) is 13.6. The van der Waals surface area contributed by atoms with Crippen LogP contribution in [0.1, 0.15) is 44.7 Å². The molecule has 0 spiro atoms. The van der Waals surface area contributed by atoms with Crippen LogP contribution in [-0.4, -0.2) is 65.0 Å². The van der Waals surface area contributed by atoms with Gasteiger partial charge in [0, 0.05) is 20.3 Å². The molecule has 40 heavy (non-hydrogen) atoms. The van der Waals surface area contributed by atoms with Crippen LogP contribution in [0.15, 0.2) is 67.1 Å². The number of hydrogen-bond acceptors (Lipinski definition) is 6. The lowest BCUT2D eigenvalue weighted by atomic mass is 9.90. The standard InChI is InChI=1S/C30H40N6O4/c1-29(2,31)27(38)33-24(14-10-13-21-11-8-7-9-12-21)26(37)34-25-19-36(20-32-25)30(3,28(39)35(4)5)22-15-17-23(40-6)18-16-22/h7-9,11-12,15-20,24H,10,13-14,31H2,1-6H3,(H,33,38)(H,34,37). The van der Waals surface area contributed by atoms with Crippen molar-refractivity contribution in [1.82, 2.24) is 19.8 Å². The average molecular weight is 549 g/mol. The van der Waals surface area contributed by atoms with Crippen molar-refractivity contribution >= 4 is 23.5 Å². The fourth-order valence-electron chi connectivity index (χ4n) is 4.35. The van der Waals surface area contributed by atoms with Gasteiger partial charge in [-0.05, 0) is 63.3 Å². The van der Waals surface area contributed by atoms with Crippen LogP contribution in [0.3, 0.4) is 0 Å². The maximum absolute atomic E-state index is 13.4. The molecule has 0 fully saturated rings. The van der Waals surface area contributed by atoms with E-state index in [-0.39, 0.29) is 11.7 Å². The highest BCUT2D eigenvalue weighted by Crippen LogP contribution is 2.30. The molecule has 0 aliphatic heterocycles. The Morgan fingerprint density at radius 1 is 1.05 bits per heavy atom. The van der Waals surface area contributed by atoms with Gasteiger partial charge >= 0.3 is 0 Å². The number of amides is 3. The molecule has 0 bridgehead atoms. The predicted octanol–water partition coefficient (Wildman–Crippen LogP) is 2.93. The fraction of sp³-hybridized carbons (Fsp3) is 0.400. The molecule has 2 unspecified atom stereocenters. The Labute approximate surface area is 235 Å². The number of carbonyl (C=O) groups is 3. The first-order chi connectivity index (χ1) is 18.9. The fourth-order valence-corrected chi connectivity index (χ4v) is 4.35. The molecule has 2 atom stereocenters. The van der Waals surface area contributed by atoms with Crippen LogP contribution in [0.25, 0.3) is 0 Å². The lowest BCUT2D eigenvalue weighted by Crippen LogP contribution is -2.54. The summed E-state index contributed by atoms with van der Waals surface area (Å²) in [5, 5.41) is 5.59. The summed E-state index contributed by atoms with van der Waals surface area (Å²) in [7, 11) is 4.95. The number of imidazole rings is 1. The number of nitrogens with one attached hydrogen (secondary N) is 2. The van der Waals surface area contributed by atoms with Crippen molar-refractivity contribution < 1.29 is 19.1 Å². The van der Waals surface area contributed by atoms with Crippen molar-refractivity contribution in [2.75, 3.05) is 26.5 Å². The van der Waals surface area contributed by atoms with Gasteiger partial charge in [-0.3, -0.25) is 14.4 Å². The molecule has 0 saturated heterocycles. The van der Waals surface area contributed by atoms with E-state index in [1.807, 2.05) is 42.5 Å². The molecule has 2 aromatic carbocycles. The summed E-state index contributed by atoms with van der Waals surface area (Å²) in [6.45, 7) is 4.97. The van der Waals surface area contributed by atoms with Crippen molar-refractivity contribution in [3.8, 4) is 5.75 Å². The molecular formula is C30H40N6O4. The summed E-state index contributed by atoms with van der Waals surface area (Å²) in [5.74, 6) is -0.0969. The number of methoxy groups -OCH3 is 1. The van der Waals surface area contributed by atoms with E-state index in [1.165, 1.54) is 11.2 Å². The number of anilines is 1. The van der Waals surface area contributed by atoms with E-state index in [2.05, 4.69) is 15.6 Å². The summed E-state index contributed by atoms with van der Waals surface area (Å²) < 4.78 is 6.93. The number of rotatable bonds is 12. The molecule has 3 amide bonds. The number of ether oxygens (including phenoxy) is 1. The molecule has 0 radical (unpaired) electrons. The molecule has 3 aromatic rings. The molecule has 214 valence electrons. The predicted molar refractivity (Wildman–Crippen MR) is 155 cm³/mol. The zero-order valence-electron chi connectivity index (χ0n) is 24.1. The van der Waals surface area contributed by atoms with Gasteiger partial charge in [0.1, 0.15) is 17.3 Å². The average Bonchev–Trinajstić information content (AvgIpc) is 3.40. The van der Waals surface area contributed by atoms with Crippen LogP contribution in [0.2, 0.25) is 0 Å². The van der Waals surface area contributed by atoms with Gasteiger partial charge in [-0.2, -0.15) is 0 Å². The monoisotopic (exact) mass is 548 g/mol. The molecule has 4 N–H and O–H groups in total. The first-order valence-corrected chi connectivity index (χ1v) is 13.2. The Bertz CT molecular complexity index is 1300. The van der Waals surface area contributed by atoms with Crippen molar-refractivity contribution in [1.29, 1.82) is 0 Å². The summed E-state index contributed by atoms with van der Waals surface area (Å²) in [4.78, 5) is 45.3. The minimum absolute atomic E-state index is 0.177. The lowest BCUT2D eigenvalue weighted by Gasteiger charge is -2.33. The van der Waals surface area contributed by atoms with Gasteiger partial charge in [0.25, 0.3) is 5.91 Å². The second-order valence-electron chi connectivity index (χ2n) is 10.8. The number of aromatic nitrogens is 2. The number of carbonyl (C=O) groups excluding carboxylic acids is 3. The van der Waals surface area contributed by atoms with Gasteiger partial charge in [0.2, 0.25) is 11.8 Å². The highest BCUT2D eigenvalue weighted by atomic mass is 16.5. The smallest absolute Gasteiger partial charge is 0.252 e. The second kappa shape index (κ2) is 12.8. The molecule has 10 nitrogen and oxygen atoms in total. The number of aryl methyl sites for hydroxylation is 1. The largest absolute Gasteiger partial charge is 0.497 e. The minimum atomic E-state index is -1.15. The van der Waals surface area contributed by atoms with Crippen molar-refractivity contribution in [2.45, 2.75) is 57.2 Å². The van der Waals surface area contributed by atoms with E-state index < -0.39 is 28.9 Å². The molecule has 1 aromatic heterocycles. The third-order valence-corrected chi connectivity index (χ3v) is 6.83. The summed E-state index contributed by atoms with van der Waals surface area (Å²) in [6, 6.07) is 16.3. The van der Waals surface area contributed by atoms with E-state index in [1.54, 1.807) is 64.9 Å². The maximum Gasteiger partial charge on any atom is 0.252 e. The first kappa shape index (κ1) is 30.4. The van der Waals surface area contributed by atoms with Crippen LogP contribution in [0, 0.1) is 0 Å². The van der Waals surface area contributed by atoms with Crippen LogP contribution in [0.5, 0.6) is 5.75 Å². The van der Waals surface area contributed by atoms with Crippen molar-refractivity contribution in [2.24, 2.45) is 5.73 Å². The van der Waals surface area contributed by atoms with Gasteiger partial charge in [-0.15, -0.1) is 0 Å². The molecule has 0 aliphatic rings. The highest BCUT2D eigenvalue weighted by molar-refractivity contribution is 5.98. The Kier molecular flexibility index (Phi) is 9.70. The zero-order chi connectivity index (χ0) is 29.5. The SMILES string of the molecule is COc1ccc(C(C)(C(=O)N(C)C)n2cnc(NC(=O)C(CCCc3ccccc3)NC(=O)C(C)(C)N)c2)cc1. The summed E-state index contributed by atoms with van der Waals surface area (Å²) in [5.41, 5.74) is 5.56. The van der Waals surface area contributed by atoms with Crippen LogP contribution in [-0.2, 0) is 26.3 Å². The zero-order valence-corrected chi connectivity index (χ0v) is 24.1. The first-order valence-electron chi connectivity index (χ1n) is 13.2. The molecule has 3 rings (SSSR count). The van der Waals surface area contributed by atoms with Gasteiger partial charge in [0.05, 0.1) is 19.0 Å². The molecule has 0 aliphatic carbocycles. The van der Waals surface area contributed by atoms with Crippen LogP contribution >= 0.6 is 0 Å². The van der Waals surface area contributed by atoms with Gasteiger partial charge in [-0.25, -0.2) is 4.98 Å². The van der Waals surface area contributed by atoms with Gasteiger partial charge in [-0.1, -0.05) is 42.5 Å². The highest BCUT2D eigenvalue weighted by Gasteiger charge is 2.39. The number of likely N-dealkylation sites (N-methyl/N-ethyl adjacent to an activating group) is 1. The Morgan fingerprint density at radius 3 is 2.27 bits per heavy atom. The van der Waals surface area contributed by atoms with E-state index in [4.69, 9.17) is 10.5 Å². The minimum Gasteiger partial charge on any atom is -0.497 e. The topological polar surface area (TPSA) is 132 Å². The number of hydrogen-bond donors (Lipinski definition) is 3. The Balaban J connectivity index is 1.82. The summed E-state index contributed by atoms with van der Waals surface area (Å²) >= 11 is 0. The van der Waals surface area contributed by atoms with E-state index >= 15 is 0 Å².